The van der Waals surface area contributed by atoms with Crippen molar-refractivity contribution >= 4 is 29.4 Å². The van der Waals surface area contributed by atoms with Gasteiger partial charge in [0.1, 0.15) is 12.6 Å². The Morgan fingerprint density at radius 1 is 1.41 bits per heavy atom. The molecular weight excluding hydrogens is 238 g/mol. The highest BCUT2D eigenvalue weighted by atomic mass is 32.2. The predicted molar refractivity (Wildman–Crippen MR) is 67.2 cm³/mol. The number of thioether (sulfide) groups is 1. The van der Waals surface area contributed by atoms with E-state index < -0.39 is 0 Å². The third kappa shape index (κ3) is 2.18. The molecule has 0 spiro atoms. The first-order chi connectivity index (χ1) is 8.24. The standard InChI is InChI=1S/C12H17NO3S/c1-2-11-13-12-9(6-16)8(5-15)7(4-14)3-10(12)17-11/h5-10,12,14H,2-4H2,1H3/t7-,8+,9+,10-,12+/m0/s1. The van der Waals surface area contributed by atoms with Gasteiger partial charge in [-0.2, -0.15) is 0 Å². The number of rotatable bonds is 4. The molecule has 2 rings (SSSR count). The summed E-state index contributed by atoms with van der Waals surface area (Å²) in [6.45, 7) is 2.01. The van der Waals surface area contributed by atoms with Crippen molar-refractivity contribution in [3.05, 3.63) is 0 Å². The van der Waals surface area contributed by atoms with E-state index in [2.05, 4.69) is 4.99 Å². The third-order valence-electron chi connectivity index (χ3n) is 3.73. The maximum atomic E-state index is 11.2. The number of carbonyl (C=O) groups is 2. The highest BCUT2D eigenvalue weighted by molar-refractivity contribution is 8.14. The first-order valence-electron chi connectivity index (χ1n) is 5.99. The molecule has 0 radical (unpaired) electrons. The number of carbonyl (C=O) groups excluding carboxylic acids is 2. The number of aliphatic hydroxyl groups excluding tert-OH is 1. The molecule has 1 aliphatic carbocycles. The molecule has 1 heterocycles. The first kappa shape index (κ1) is 12.8. The minimum absolute atomic E-state index is 0.0288. The fourth-order valence-corrected chi connectivity index (χ4v) is 4.21. The molecule has 0 bridgehead atoms. The largest absolute Gasteiger partial charge is 0.396 e. The van der Waals surface area contributed by atoms with Crippen molar-refractivity contribution in [3.8, 4) is 0 Å². The van der Waals surface area contributed by atoms with Crippen molar-refractivity contribution in [2.45, 2.75) is 31.1 Å². The topological polar surface area (TPSA) is 66.7 Å². The Kier molecular flexibility index (Phi) is 3.99. The lowest BCUT2D eigenvalue weighted by Gasteiger charge is -2.37. The molecule has 0 saturated heterocycles. The number of aldehydes is 2. The molecule has 0 aromatic heterocycles. The average molecular weight is 255 g/mol. The van der Waals surface area contributed by atoms with Crippen LogP contribution in [-0.2, 0) is 9.59 Å². The second-order valence-electron chi connectivity index (χ2n) is 4.63. The summed E-state index contributed by atoms with van der Waals surface area (Å²) < 4.78 is 0. The molecule has 0 unspecified atom stereocenters. The molecule has 5 heteroatoms. The van der Waals surface area contributed by atoms with Gasteiger partial charge in [0, 0.05) is 23.7 Å². The van der Waals surface area contributed by atoms with Crippen LogP contribution in [0.15, 0.2) is 4.99 Å². The van der Waals surface area contributed by atoms with Gasteiger partial charge in [0.2, 0.25) is 0 Å². The zero-order chi connectivity index (χ0) is 12.4. The van der Waals surface area contributed by atoms with Crippen LogP contribution in [0.4, 0.5) is 0 Å². The number of aliphatic hydroxyl groups is 1. The molecule has 2 aliphatic rings. The number of nitrogens with zero attached hydrogens (tertiary/aromatic N) is 1. The molecule has 5 atom stereocenters. The van der Waals surface area contributed by atoms with Crippen molar-refractivity contribution in [2.24, 2.45) is 22.7 Å². The Balaban J connectivity index is 2.25. The fraction of sp³-hybridized carbons (Fsp3) is 0.750. The Morgan fingerprint density at radius 3 is 2.65 bits per heavy atom. The Labute approximate surface area is 105 Å². The van der Waals surface area contributed by atoms with Crippen LogP contribution < -0.4 is 0 Å². The van der Waals surface area contributed by atoms with Gasteiger partial charge in [-0.05, 0) is 18.8 Å². The minimum atomic E-state index is -0.376. The quantitative estimate of drug-likeness (QED) is 0.759. The second-order valence-corrected chi connectivity index (χ2v) is 5.94. The molecule has 1 N–H and O–H groups in total. The summed E-state index contributed by atoms with van der Waals surface area (Å²) in [4.78, 5) is 26.9. The number of aliphatic imine (C=N–C) groups is 1. The molecular formula is C12H17NO3S. The van der Waals surface area contributed by atoms with Crippen molar-refractivity contribution in [1.82, 2.24) is 0 Å². The summed E-state index contributed by atoms with van der Waals surface area (Å²) in [6, 6.07) is -0.0644. The monoisotopic (exact) mass is 255 g/mol. The lowest BCUT2D eigenvalue weighted by Crippen LogP contribution is -2.45. The summed E-state index contributed by atoms with van der Waals surface area (Å²) in [5.41, 5.74) is 0. The van der Waals surface area contributed by atoms with Crippen LogP contribution in [0.3, 0.4) is 0 Å². The predicted octanol–water partition coefficient (Wildman–Crippen LogP) is 0.921. The lowest BCUT2D eigenvalue weighted by molar-refractivity contribution is -0.124. The minimum Gasteiger partial charge on any atom is -0.396 e. The van der Waals surface area contributed by atoms with E-state index >= 15 is 0 Å². The molecule has 1 fully saturated rings. The third-order valence-corrected chi connectivity index (χ3v) is 5.17. The van der Waals surface area contributed by atoms with E-state index in [1.807, 2.05) is 6.92 Å². The van der Waals surface area contributed by atoms with Gasteiger partial charge in [-0.1, -0.05) is 6.92 Å². The Bertz CT molecular complexity index is 345. The average Bonchev–Trinajstić information content (AvgIpc) is 2.78. The highest BCUT2D eigenvalue weighted by Crippen LogP contribution is 2.44. The van der Waals surface area contributed by atoms with Gasteiger partial charge in [-0.15, -0.1) is 11.8 Å². The first-order valence-corrected chi connectivity index (χ1v) is 6.87. The summed E-state index contributed by atoms with van der Waals surface area (Å²) in [5.74, 6) is -0.831. The molecule has 4 nitrogen and oxygen atoms in total. The molecule has 1 saturated carbocycles. The van der Waals surface area contributed by atoms with Crippen LogP contribution in [-0.4, -0.2) is 40.6 Å². The lowest BCUT2D eigenvalue weighted by atomic mass is 9.71. The fourth-order valence-electron chi connectivity index (χ4n) is 2.79. The van der Waals surface area contributed by atoms with Crippen molar-refractivity contribution in [1.29, 1.82) is 0 Å². The van der Waals surface area contributed by atoms with E-state index in [-0.39, 0.29) is 35.7 Å². The van der Waals surface area contributed by atoms with Crippen LogP contribution in [0.25, 0.3) is 0 Å². The van der Waals surface area contributed by atoms with Gasteiger partial charge in [0.15, 0.2) is 0 Å². The van der Waals surface area contributed by atoms with Crippen LogP contribution in [0.5, 0.6) is 0 Å². The van der Waals surface area contributed by atoms with E-state index in [0.29, 0.717) is 0 Å². The molecule has 0 amide bonds. The van der Waals surface area contributed by atoms with E-state index in [4.69, 9.17) is 0 Å². The van der Waals surface area contributed by atoms with Crippen molar-refractivity contribution in [3.63, 3.8) is 0 Å². The summed E-state index contributed by atoms with van der Waals surface area (Å²) in [5, 5.41) is 10.7. The molecule has 94 valence electrons. The van der Waals surface area contributed by atoms with E-state index in [1.54, 1.807) is 11.8 Å². The van der Waals surface area contributed by atoms with Crippen LogP contribution in [0.2, 0.25) is 0 Å². The summed E-state index contributed by atoms with van der Waals surface area (Å²) >= 11 is 1.71. The SMILES string of the molecule is CCC1=N[C@@H]2[C@H](C=O)[C@H](C=O)[C@H](CO)C[C@@H]2S1. The van der Waals surface area contributed by atoms with E-state index in [0.717, 1.165) is 30.5 Å². The maximum absolute atomic E-state index is 11.2. The second kappa shape index (κ2) is 5.31. The molecule has 0 aromatic carbocycles. The van der Waals surface area contributed by atoms with Crippen molar-refractivity contribution in [2.75, 3.05) is 6.61 Å². The summed E-state index contributed by atoms with van der Waals surface area (Å²) in [6.07, 6.45) is 3.31. The smallest absolute Gasteiger partial charge is 0.125 e. The van der Waals surface area contributed by atoms with E-state index in [9.17, 15) is 14.7 Å². The number of fused-ring (bicyclic) bond motifs is 1. The number of hydrogen-bond donors (Lipinski definition) is 1. The van der Waals surface area contributed by atoms with Crippen LogP contribution in [0.1, 0.15) is 19.8 Å². The van der Waals surface area contributed by atoms with Crippen molar-refractivity contribution < 1.29 is 14.7 Å². The maximum Gasteiger partial charge on any atom is 0.125 e. The van der Waals surface area contributed by atoms with Gasteiger partial charge >= 0.3 is 0 Å². The zero-order valence-electron chi connectivity index (χ0n) is 9.78. The molecule has 1 aliphatic heterocycles. The van der Waals surface area contributed by atoms with Gasteiger partial charge in [-0.25, -0.2) is 0 Å². The molecule has 0 aromatic rings. The van der Waals surface area contributed by atoms with Gasteiger partial charge in [-0.3, -0.25) is 4.99 Å². The van der Waals surface area contributed by atoms with E-state index in [1.165, 1.54) is 0 Å². The Hall–Kier alpha value is -0.680. The Morgan fingerprint density at radius 2 is 2.12 bits per heavy atom. The van der Waals surface area contributed by atoms with Gasteiger partial charge < -0.3 is 14.7 Å². The van der Waals surface area contributed by atoms with Crippen LogP contribution in [0, 0.1) is 17.8 Å². The molecule has 17 heavy (non-hydrogen) atoms. The number of hydrogen-bond acceptors (Lipinski definition) is 5. The highest BCUT2D eigenvalue weighted by Gasteiger charge is 2.47. The van der Waals surface area contributed by atoms with Gasteiger partial charge in [0.05, 0.1) is 11.1 Å². The summed E-state index contributed by atoms with van der Waals surface area (Å²) in [7, 11) is 0. The van der Waals surface area contributed by atoms with Crippen LogP contribution >= 0.6 is 11.8 Å². The zero-order valence-corrected chi connectivity index (χ0v) is 10.6. The van der Waals surface area contributed by atoms with Gasteiger partial charge in [0.25, 0.3) is 0 Å². The normalized spacial score (nSPS) is 40.6.